The Balaban J connectivity index is 1.58. The molecule has 7 heteroatoms. The first kappa shape index (κ1) is 20.0. The molecule has 0 unspecified atom stereocenters. The van der Waals surface area contributed by atoms with Gasteiger partial charge in [0.15, 0.2) is 6.10 Å². The number of ether oxygens (including phenoxy) is 2. The number of para-hydroxylation sites is 1. The van der Waals surface area contributed by atoms with E-state index >= 15 is 0 Å². The Kier molecular flexibility index (Phi) is 6.41. The van der Waals surface area contributed by atoms with E-state index in [1.165, 1.54) is 13.2 Å². The van der Waals surface area contributed by atoms with Gasteiger partial charge < -0.3 is 19.3 Å². The van der Waals surface area contributed by atoms with Gasteiger partial charge in [-0.05, 0) is 37.3 Å². The van der Waals surface area contributed by atoms with Crippen molar-refractivity contribution in [1.82, 2.24) is 4.90 Å². The summed E-state index contributed by atoms with van der Waals surface area (Å²) in [5, 5.41) is 0.392. The van der Waals surface area contributed by atoms with E-state index in [0.717, 1.165) is 18.8 Å². The summed E-state index contributed by atoms with van der Waals surface area (Å²) in [6, 6.07) is 14.8. The summed E-state index contributed by atoms with van der Waals surface area (Å²) in [6.45, 7) is 4.21. The first-order chi connectivity index (χ1) is 13.5. The van der Waals surface area contributed by atoms with Crippen LogP contribution in [0, 0.1) is 0 Å². The standard InChI is InChI=1S/C21H23ClN2O4/c1-15(28-21(26)18-14-16(22)8-9-19(18)27-2)20(25)24-12-10-23(11-13-24)17-6-4-3-5-7-17/h3-9,14-15H,10-13H2,1-2H3/t15-/m0/s1. The fourth-order valence-electron chi connectivity index (χ4n) is 3.20. The third-order valence-corrected chi connectivity index (χ3v) is 4.96. The second kappa shape index (κ2) is 8.97. The quantitative estimate of drug-likeness (QED) is 0.718. The summed E-state index contributed by atoms with van der Waals surface area (Å²) in [5.41, 5.74) is 1.34. The predicted octanol–water partition coefficient (Wildman–Crippen LogP) is 3.24. The number of carbonyl (C=O) groups excluding carboxylic acids is 2. The molecule has 0 saturated carbocycles. The normalized spacial score (nSPS) is 15.1. The molecule has 3 rings (SSSR count). The monoisotopic (exact) mass is 402 g/mol. The van der Waals surface area contributed by atoms with Crippen molar-refractivity contribution in [3.05, 3.63) is 59.1 Å². The maximum absolute atomic E-state index is 12.7. The highest BCUT2D eigenvalue weighted by molar-refractivity contribution is 6.31. The van der Waals surface area contributed by atoms with Crippen LogP contribution in [0.5, 0.6) is 5.75 Å². The zero-order valence-electron chi connectivity index (χ0n) is 15.9. The second-order valence-electron chi connectivity index (χ2n) is 6.54. The van der Waals surface area contributed by atoms with Crippen molar-refractivity contribution >= 4 is 29.2 Å². The summed E-state index contributed by atoms with van der Waals surface area (Å²) < 4.78 is 10.6. The number of rotatable bonds is 5. The van der Waals surface area contributed by atoms with Gasteiger partial charge in [-0.2, -0.15) is 0 Å². The van der Waals surface area contributed by atoms with E-state index in [1.807, 2.05) is 18.2 Å². The zero-order valence-corrected chi connectivity index (χ0v) is 16.7. The number of anilines is 1. The van der Waals surface area contributed by atoms with Crippen molar-refractivity contribution in [2.24, 2.45) is 0 Å². The summed E-state index contributed by atoms with van der Waals surface area (Å²) in [7, 11) is 1.46. The fraction of sp³-hybridized carbons (Fsp3) is 0.333. The lowest BCUT2D eigenvalue weighted by atomic mass is 10.2. The number of hydrogen-bond donors (Lipinski definition) is 0. The molecule has 6 nitrogen and oxygen atoms in total. The maximum atomic E-state index is 12.7. The number of benzene rings is 2. The van der Waals surface area contributed by atoms with Crippen LogP contribution in [0.25, 0.3) is 0 Å². The molecule has 1 aliphatic heterocycles. The van der Waals surface area contributed by atoms with Gasteiger partial charge in [0.05, 0.1) is 7.11 Å². The van der Waals surface area contributed by atoms with E-state index in [0.29, 0.717) is 23.9 Å². The van der Waals surface area contributed by atoms with E-state index in [4.69, 9.17) is 21.1 Å². The first-order valence-electron chi connectivity index (χ1n) is 9.13. The molecule has 0 aromatic heterocycles. The van der Waals surface area contributed by atoms with Gasteiger partial charge in [-0.25, -0.2) is 4.79 Å². The lowest BCUT2D eigenvalue weighted by molar-refractivity contribution is -0.140. The SMILES string of the molecule is COc1ccc(Cl)cc1C(=O)O[C@@H](C)C(=O)N1CCN(c2ccccc2)CC1. The van der Waals surface area contributed by atoms with E-state index in [1.54, 1.807) is 24.0 Å². The molecular weight excluding hydrogens is 380 g/mol. The lowest BCUT2D eigenvalue weighted by Crippen LogP contribution is -2.51. The van der Waals surface area contributed by atoms with Crippen LogP contribution in [0.3, 0.4) is 0 Å². The van der Waals surface area contributed by atoms with Gasteiger partial charge in [0.2, 0.25) is 0 Å². The second-order valence-corrected chi connectivity index (χ2v) is 6.98. The number of hydrogen-bond acceptors (Lipinski definition) is 5. The van der Waals surface area contributed by atoms with Crippen LogP contribution >= 0.6 is 11.6 Å². The Labute approximate surface area is 169 Å². The average Bonchev–Trinajstić information content (AvgIpc) is 2.73. The molecule has 2 aromatic carbocycles. The first-order valence-corrected chi connectivity index (χ1v) is 9.50. The van der Waals surface area contributed by atoms with Crippen molar-refractivity contribution in [2.45, 2.75) is 13.0 Å². The van der Waals surface area contributed by atoms with Crippen molar-refractivity contribution < 1.29 is 19.1 Å². The number of piperazine rings is 1. The molecule has 0 bridgehead atoms. The third-order valence-electron chi connectivity index (χ3n) is 4.73. The molecule has 0 radical (unpaired) electrons. The molecule has 1 saturated heterocycles. The molecule has 1 aliphatic rings. The van der Waals surface area contributed by atoms with Crippen molar-refractivity contribution in [2.75, 3.05) is 38.2 Å². The molecule has 28 heavy (non-hydrogen) atoms. The van der Waals surface area contributed by atoms with Gasteiger partial charge in [0.25, 0.3) is 5.91 Å². The number of halogens is 1. The average molecular weight is 403 g/mol. The van der Waals surface area contributed by atoms with Gasteiger partial charge in [-0.15, -0.1) is 0 Å². The van der Waals surface area contributed by atoms with Crippen LogP contribution in [-0.2, 0) is 9.53 Å². The molecule has 0 aliphatic carbocycles. The molecular formula is C21H23ClN2O4. The molecule has 1 amide bonds. The molecule has 0 N–H and O–H groups in total. The highest BCUT2D eigenvalue weighted by atomic mass is 35.5. The van der Waals surface area contributed by atoms with Crippen LogP contribution in [0.2, 0.25) is 5.02 Å². The summed E-state index contributed by atoms with van der Waals surface area (Å²) in [6.07, 6.45) is -0.889. The predicted molar refractivity (Wildman–Crippen MR) is 108 cm³/mol. The smallest absolute Gasteiger partial charge is 0.342 e. The van der Waals surface area contributed by atoms with Crippen LogP contribution in [0.1, 0.15) is 17.3 Å². The van der Waals surface area contributed by atoms with E-state index in [-0.39, 0.29) is 11.5 Å². The number of carbonyl (C=O) groups is 2. The highest BCUT2D eigenvalue weighted by Crippen LogP contribution is 2.24. The molecule has 1 heterocycles. The Bertz CT molecular complexity index is 836. The lowest BCUT2D eigenvalue weighted by Gasteiger charge is -2.37. The number of amides is 1. The Morgan fingerprint density at radius 3 is 2.36 bits per heavy atom. The maximum Gasteiger partial charge on any atom is 0.342 e. The molecule has 148 valence electrons. The third kappa shape index (κ3) is 4.57. The van der Waals surface area contributed by atoms with Crippen molar-refractivity contribution in [3.8, 4) is 5.75 Å². The molecule has 0 spiro atoms. The van der Waals surface area contributed by atoms with Gasteiger partial charge >= 0.3 is 5.97 Å². The van der Waals surface area contributed by atoms with Gasteiger partial charge in [0, 0.05) is 36.9 Å². The minimum Gasteiger partial charge on any atom is -0.496 e. The Hall–Kier alpha value is -2.73. The van der Waals surface area contributed by atoms with E-state index in [2.05, 4.69) is 17.0 Å². The minimum atomic E-state index is -0.889. The van der Waals surface area contributed by atoms with Gasteiger partial charge in [0.1, 0.15) is 11.3 Å². The van der Waals surface area contributed by atoms with Crippen LogP contribution < -0.4 is 9.64 Å². The topological polar surface area (TPSA) is 59.1 Å². The van der Waals surface area contributed by atoms with E-state index < -0.39 is 12.1 Å². The Morgan fingerprint density at radius 2 is 1.71 bits per heavy atom. The minimum absolute atomic E-state index is 0.198. The largest absolute Gasteiger partial charge is 0.496 e. The van der Waals surface area contributed by atoms with Crippen molar-refractivity contribution in [1.29, 1.82) is 0 Å². The van der Waals surface area contributed by atoms with Crippen LogP contribution in [0.15, 0.2) is 48.5 Å². The van der Waals surface area contributed by atoms with E-state index in [9.17, 15) is 9.59 Å². The Morgan fingerprint density at radius 1 is 1.04 bits per heavy atom. The van der Waals surface area contributed by atoms with Crippen LogP contribution in [-0.4, -0.2) is 56.2 Å². The highest BCUT2D eigenvalue weighted by Gasteiger charge is 2.28. The molecule has 2 aromatic rings. The van der Waals surface area contributed by atoms with Crippen molar-refractivity contribution in [3.63, 3.8) is 0 Å². The molecule has 1 fully saturated rings. The number of methoxy groups -OCH3 is 1. The zero-order chi connectivity index (χ0) is 20.1. The van der Waals surface area contributed by atoms with Crippen LogP contribution in [0.4, 0.5) is 5.69 Å². The molecule has 1 atom stereocenters. The summed E-state index contributed by atoms with van der Waals surface area (Å²) in [5.74, 6) is -0.490. The number of nitrogens with zero attached hydrogens (tertiary/aromatic N) is 2. The summed E-state index contributed by atoms with van der Waals surface area (Å²) in [4.78, 5) is 29.1. The fourth-order valence-corrected chi connectivity index (χ4v) is 3.37. The van der Waals surface area contributed by atoms with Gasteiger partial charge in [-0.3, -0.25) is 4.79 Å². The van der Waals surface area contributed by atoms with Gasteiger partial charge in [-0.1, -0.05) is 29.8 Å². The number of esters is 1. The summed E-state index contributed by atoms with van der Waals surface area (Å²) >= 11 is 5.96.